The fourth-order valence-corrected chi connectivity index (χ4v) is 5.18. The van der Waals surface area contributed by atoms with E-state index >= 15 is 0 Å². The summed E-state index contributed by atoms with van der Waals surface area (Å²) in [5.41, 5.74) is 5.41. The Balaban J connectivity index is 1.28. The lowest BCUT2D eigenvalue weighted by atomic mass is 9.92. The molecule has 4 atom stereocenters. The minimum absolute atomic E-state index is 0.219. The number of carbonyl (C=O) groups excluding carboxylic acids is 1. The van der Waals surface area contributed by atoms with Gasteiger partial charge in [0.05, 0.1) is 19.3 Å². The van der Waals surface area contributed by atoms with Crippen molar-refractivity contribution in [3.63, 3.8) is 0 Å². The summed E-state index contributed by atoms with van der Waals surface area (Å²) in [6.07, 6.45) is 1.15. The van der Waals surface area contributed by atoms with Crippen molar-refractivity contribution in [3.05, 3.63) is 96.2 Å². The first-order valence-electron chi connectivity index (χ1n) is 12.7. The van der Waals surface area contributed by atoms with Crippen LogP contribution in [0.15, 0.2) is 85.1 Å². The number of hydroxylamine groups is 2. The fraction of sp³-hybridized carbons (Fsp3) is 0.300. The summed E-state index contributed by atoms with van der Waals surface area (Å²) in [7, 11) is 0. The quantitative estimate of drug-likeness (QED) is 0.282. The van der Waals surface area contributed by atoms with E-state index in [1.807, 2.05) is 66.9 Å². The zero-order valence-electron chi connectivity index (χ0n) is 20.9. The highest BCUT2D eigenvalue weighted by Crippen LogP contribution is 2.32. The number of nitrogens with one attached hydrogen (secondary N) is 2. The van der Waals surface area contributed by atoms with Crippen LogP contribution in [0.5, 0.6) is 0 Å². The first kappa shape index (κ1) is 25.2. The molecule has 1 saturated heterocycles. The smallest absolute Gasteiger partial charge is 0.240 e. The van der Waals surface area contributed by atoms with Gasteiger partial charge in [-0.2, -0.15) is 5.06 Å². The molecule has 5 rings (SSSR count). The summed E-state index contributed by atoms with van der Waals surface area (Å²) in [6, 6.07) is 25.6. The molecule has 0 radical (unpaired) electrons. The number of benzene rings is 3. The van der Waals surface area contributed by atoms with E-state index in [2.05, 4.69) is 28.5 Å². The number of nitrogens with zero attached hydrogens (tertiary/aromatic N) is 1. The summed E-state index contributed by atoms with van der Waals surface area (Å²) in [6.45, 7) is 2.17. The third-order valence-electron chi connectivity index (χ3n) is 7.12. The van der Waals surface area contributed by atoms with Gasteiger partial charge in [-0.1, -0.05) is 72.8 Å². The second-order valence-electron chi connectivity index (χ2n) is 9.64. The van der Waals surface area contributed by atoms with E-state index in [-0.39, 0.29) is 12.5 Å². The first-order chi connectivity index (χ1) is 18.0. The second-order valence-corrected chi connectivity index (χ2v) is 9.64. The maximum absolute atomic E-state index is 13.4. The number of hydrogen-bond acceptors (Lipinski definition) is 5. The number of aromatic amines is 1. The Kier molecular flexibility index (Phi) is 7.67. The van der Waals surface area contributed by atoms with Crippen LogP contribution in [0.2, 0.25) is 0 Å². The maximum Gasteiger partial charge on any atom is 0.240 e. The molecule has 0 bridgehead atoms. The van der Waals surface area contributed by atoms with Crippen LogP contribution in [0.4, 0.5) is 0 Å². The minimum atomic E-state index is -0.830. The average Bonchev–Trinajstić information content (AvgIpc) is 3.51. The molecule has 7 heteroatoms. The van der Waals surface area contributed by atoms with E-state index in [0.717, 1.165) is 33.2 Å². The molecule has 192 valence electrons. The van der Waals surface area contributed by atoms with Gasteiger partial charge in [-0.15, -0.1) is 0 Å². The molecule has 0 spiro atoms. The van der Waals surface area contributed by atoms with Gasteiger partial charge in [0, 0.05) is 29.6 Å². The predicted molar refractivity (Wildman–Crippen MR) is 143 cm³/mol. The van der Waals surface area contributed by atoms with Crippen LogP contribution in [0.1, 0.15) is 18.1 Å². The highest BCUT2D eigenvalue weighted by molar-refractivity contribution is 5.84. The number of aromatic nitrogens is 1. The van der Waals surface area contributed by atoms with E-state index in [9.17, 15) is 15.0 Å². The first-order valence-corrected chi connectivity index (χ1v) is 12.7. The van der Waals surface area contributed by atoms with Crippen LogP contribution in [0.3, 0.4) is 0 Å². The number of H-pyrrole nitrogens is 1. The van der Waals surface area contributed by atoms with Crippen molar-refractivity contribution >= 4 is 16.8 Å². The number of aliphatic hydroxyl groups excluding tert-OH is 2. The normalized spacial score (nSPS) is 20.8. The topological polar surface area (TPSA) is 97.8 Å². The van der Waals surface area contributed by atoms with Crippen molar-refractivity contribution in [2.45, 2.75) is 38.1 Å². The number of rotatable bonds is 9. The zero-order valence-corrected chi connectivity index (χ0v) is 20.9. The molecule has 1 aromatic heterocycles. The number of carbonyl (C=O) groups is 1. The number of amides is 1. The van der Waals surface area contributed by atoms with Crippen LogP contribution in [-0.2, 0) is 22.6 Å². The molecule has 37 heavy (non-hydrogen) atoms. The SMILES string of the molecule is C[C@H](O)[C@@H]1ON(Cc2ccc(-c3ccccc3)cc2)[C@H](C(=O)NCCc2c[nH]c3ccccc23)[C@@H]1CO. The van der Waals surface area contributed by atoms with Crippen molar-refractivity contribution < 1.29 is 19.8 Å². The largest absolute Gasteiger partial charge is 0.396 e. The average molecular weight is 500 g/mol. The van der Waals surface area contributed by atoms with Gasteiger partial charge in [0.1, 0.15) is 12.1 Å². The van der Waals surface area contributed by atoms with Crippen molar-refractivity contribution in [3.8, 4) is 11.1 Å². The van der Waals surface area contributed by atoms with Crippen LogP contribution in [0.25, 0.3) is 22.0 Å². The fourth-order valence-electron chi connectivity index (χ4n) is 5.18. The maximum atomic E-state index is 13.4. The molecule has 1 amide bonds. The standard InChI is InChI=1S/C30H33N3O4/c1-20(35)29-26(19-34)28(30(36)31-16-15-24-17-32-27-10-6-5-9-25(24)27)33(37-29)18-21-11-13-23(14-12-21)22-7-3-2-4-8-22/h2-14,17,20,26,28-29,32,34-35H,15-16,18-19H2,1H3,(H,31,36)/t20-,26-,28-,29-/m0/s1. The van der Waals surface area contributed by atoms with E-state index in [0.29, 0.717) is 19.5 Å². The van der Waals surface area contributed by atoms with Crippen LogP contribution in [0, 0.1) is 5.92 Å². The number of fused-ring (bicyclic) bond motifs is 1. The second kappa shape index (κ2) is 11.3. The Morgan fingerprint density at radius 2 is 1.73 bits per heavy atom. The van der Waals surface area contributed by atoms with Gasteiger partial charge in [0.15, 0.2) is 0 Å². The van der Waals surface area contributed by atoms with Gasteiger partial charge in [0.25, 0.3) is 0 Å². The van der Waals surface area contributed by atoms with Gasteiger partial charge < -0.3 is 20.5 Å². The molecule has 2 heterocycles. The van der Waals surface area contributed by atoms with E-state index < -0.39 is 24.2 Å². The molecule has 4 aromatic rings. The third-order valence-corrected chi connectivity index (χ3v) is 7.12. The predicted octanol–water partition coefficient (Wildman–Crippen LogP) is 3.67. The highest BCUT2D eigenvalue weighted by atomic mass is 16.7. The summed E-state index contributed by atoms with van der Waals surface area (Å²) >= 11 is 0. The van der Waals surface area contributed by atoms with E-state index in [1.54, 1.807) is 12.0 Å². The van der Waals surface area contributed by atoms with E-state index in [4.69, 9.17) is 4.84 Å². The van der Waals surface area contributed by atoms with Gasteiger partial charge in [-0.05, 0) is 41.7 Å². The van der Waals surface area contributed by atoms with Crippen LogP contribution in [-0.4, -0.2) is 57.6 Å². The Bertz CT molecular complexity index is 1320. The highest BCUT2D eigenvalue weighted by Gasteiger charge is 2.48. The van der Waals surface area contributed by atoms with E-state index in [1.165, 1.54) is 0 Å². The third kappa shape index (κ3) is 5.45. The van der Waals surface area contributed by atoms with Gasteiger partial charge in [-0.3, -0.25) is 9.63 Å². The molecule has 0 saturated carbocycles. The Morgan fingerprint density at radius 3 is 2.46 bits per heavy atom. The number of hydrogen-bond donors (Lipinski definition) is 4. The molecule has 4 N–H and O–H groups in total. The Morgan fingerprint density at radius 1 is 1.03 bits per heavy atom. The molecule has 1 fully saturated rings. The minimum Gasteiger partial charge on any atom is -0.396 e. The zero-order chi connectivity index (χ0) is 25.8. The molecule has 1 aliphatic rings. The van der Waals surface area contributed by atoms with Gasteiger partial charge in [0.2, 0.25) is 5.91 Å². The molecule has 0 aliphatic carbocycles. The summed E-state index contributed by atoms with van der Waals surface area (Å²) in [5.74, 6) is -0.764. The van der Waals surface area contributed by atoms with Crippen LogP contribution < -0.4 is 5.32 Å². The lowest BCUT2D eigenvalue weighted by molar-refractivity contribution is -0.192. The molecule has 0 unspecified atom stereocenters. The lowest BCUT2D eigenvalue weighted by Gasteiger charge is -2.24. The molecule has 1 aliphatic heterocycles. The lowest BCUT2D eigenvalue weighted by Crippen LogP contribution is -2.48. The number of para-hydroxylation sites is 1. The van der Waals surface area contributed by atoms with Crippen molar-refractivity contribution in [2.75, 3.05) is 13.2 Å². The van der Waals surface area contributed by atoms with Crippen molar-refractivity contribution in [2.24, 2.45) is 5.92 Å². The monoisotopic (exact) mass is 499 g/mol. The molecular weight excluding hydrogens is 466 g/mol. The summed E-state index contributed by atoms with van der Waals surface area (Å²) in [5, 5.41) is 26.2. The number of aliphatic hydroxyl groups is 2. The molecule has 3 aromatic carbocycles. The van der Waals surface area contributed by atoms with Crippen LogP contribution >= 0.6 is 0 Å². The summed E-state index contributed by atoms with van der Waals surface area (Å²) in [4.78, 5) is 22.7. The molecule has 7 nitrogen and oxygen atoms in total. The van der Waals surface area contributed by atoms with Crippen molar-refractivity contribution in [1.82, 2.24) is 15.4 Å². The molecular formula is C30H33N3O4. The Hall–Kier alpha value is -3.49. The van der Waals surface area contributed by atoms with Gasteiger partial charge in [-0.25, -0.2) is 0 Å². The summed E-state index contributed by atoms with van der Waals surface area (Å²) < 4.78 is 0. The van der Waals surface area contributed by atoms with Crippen molar-refractivity contribution in [1.29, 1.82) is 0 Å². The Labute approximate surface area is 216 Å². The van der Waals surface area contributed by atoms with Gasteiger partial charge >= 0.3 is 0 Å².